The smallest absolute Gasteiger partial charge is 0.221 e. The van der Waals surface area contributed by atoms with Gasteiger partial charge in [0.2, 0.25) is 11.8 Å². The lowest BCUT2D eigenvalue weighted by molar-refractivity contribution is -0.122. The van der Waals surface area contributed by atoms with Crippen molar-refractivity contribution in [2.75, 3.05) is 91.6 Å². The standard InChI is InChI=1S/C70H142N6O6/c1-5-9-13-17-21-25-29-33-37-41-45-65(77)61-75(62-66(78)46-42-38-34-30-26-22-18-14-10-6-2)55-51-71-69(81)49-53-73-57-59-74(60-58-73)54-50-70(82)72-52-56-76(63-67(79)47-43-39-35-31-27-23-19-15-11-7-3)64-68(80)48-44-40-36-32-28-24-20-16-12-8-4/h65-68,77-80H,5-64H2,1-4H3,(H,71,81)(H,72,82). The van der Waals surface area contributed by atoms with Crippen LogP contribution in [0.25, 0.3) is 0 Å². The summed E-state index contributed by atoms with van der Waals surface area (Å²) in [4.78, 5) is 35.3. The average molecular weight is 1160 g/mol. The number of hydrogen-bond acceptors (Lipinski definition) is 10. The second kappa shape index (κ2) is 59.9. The van der Waals surface area contributed by atoms with Gasteiger partial charge in [0, 0.05) is 104 Å². The van der Waals surface area contributed by atoms with E-state index < -0.39 is 24.4 Å². The van der Waals surface area contributed by atoms with Gasteiger partial charge in [0.05, 0.1) is 24.4 Å². The molecular weight excluding hydrogens is 1020 g/mol. The zero-order valence-electron chi connectivity index (χ0n) is 55.1. The Hall–Kier alpha value is -1.38. The summed E-state index contributed by atoms with van der Waals surface area (Å²) in [6.45, 7) is 18.3. The molecule has 0 aromatic carbocycles. The molecule has 12 heteroatoms. The largest absolute Gasteiger partial charge is 0.392 e. The molecule has 0 aromatic rings. The lowest BCUT2D eigenvalue weighted by Gasteiger charge is -2.34. The molecule has 0 bridgehead atoms. The van der Waals surface area contributed by atoms with Crippen molar-refractivity contribution in [1.82, 2.24) is 30.2 Å². The molecule has 1 rings (SSSR count). The first-order valence-corrected chi connectivity index (χ1v) is 36.2. The Bertz CT molecular complexity index is 1180. The second-order valence-corrected chi connectivity index (χ2v) is 25.9. The molecule has 1 aliphatic rings. The summed E-state index contributed by atoms with van der Waals surface area (Å²) in [5.74, 6) is 0.0863. The molecule has 0 aliphatic carbocycles. The van der Waals surface area contributed by atoms with Crippen molar-refractivity contribution in [3.63, 3.8) is 0 Å². The van der Waals surface area contributed by atoms with Gasteiger partial charge in [-0.05, 0) is 25.7 Å². The number of aliphatic hydroxyl groups excluding tert-OH is 4. The van der Waals surface area contributed by atoms with Crippen molar-refractivity contribution in [3.05, 3.63) is 0 Å². The first-order chi connectivity index (χ1) is 40.1. The fourth-order valence-corrected chi connectivity index (χ4v) is 12.2. The van der Waals surface area contributed by atoms with Gasteiger partial charge < -0.3 is 40.9 Å². The van der Waals surface area contributed by atoms with Crippen molar-refractivity contribution in [2.24, 2.45) is 0 Å². The van der Waals surface area contributed by atoms with E-state index in [4.69, 9.17) is 0 Å². The first-order valence-electron chi connectivity index (χ1n) is 36.2. The summed E-state index contributed by atoms with van der Waals surface area (Å²) in [6.07, 6.45) is 53.3. The molecule has 4 atom stereocenters. The Morgan fingerprint density at radius 1 is 0.329 bits per heavy atom. The van der Waals surface area contributed by atoms with E-state index in [9.17, 15) is 30.0 Å². The molecule has 1 fully saturated rings. The van der Waals surface area contributed by atoms with Crippen LogP contribution in [-0.2, 0) is 9.59 Å². The van der Waals surface area contributed by atoms with Gasteiger partial charge in [0.25, 0.3) is 0 Å². The van der Waals surface area contributed by atoms with Crippen molar-refractivity contribution in [1.29, 1.82) is 0 Å². The van der Waals surface area contributed by atoms with Gasteiger partial charge in [0.1, 0.15) is 0 Å². The summed E-state index contributed by atoms with van der Waals surface area (Å²) >= 11 is 0. The summed E-state index contributed by atoms with van der Waals surface area (Å²) in [5, 5.41) is 50.7. The van der Waals surface area contributed by atoms with Gasteiger partial charge in [-0.2, -0.15) is 0 Å². The van der Waals surface area contributed by atoms with E-state index >= 15 is 0 Å². The molecule has 1 saturated heterocycles. The van der Waals surface area contributed by atoms with Crippen LogP contribution in [0.5, 0.6) is 0 Å². The van der Waals surface area contributed by atoms with Crippen molar-refractivity contribution >= 4 is 11.8 Å². The zero-order valence-corrected chi connectivity index (χ0v) is 55.1. The number of carbonyl (C=O) groups excluding carboxylic acids is 2. The predicted octanol–water partition coefficient (Wildman–Crippen LogP) is 14.9. The number of piperazine rings is 1. The number of carbonyl (C=O) groups is 2. The van der Waals surface area contributed by atoms with Gasteiger partial charge in [0.15, 0.2) is 0 Å². The van der Waals surface area contributed by atoms with Crippen LogP contribution in [-0.4, -0.2) is 168 Å². The number of aliphatic hydroxyl groups is 4. The average Bonchev–Trinajstić information content (AvgIpc) is 3.46. The number of nitrogens with zero attached hydrogens (tertiary/aromatic N) is 4. The fraction of sp³-hybridized carbons (Fsp3) is 0.971. The van der Waals surface area contributed by atoms with E-state index in [1.165, 1.54) is 205 Å². The molecule has 4 unspecified atom stereocenters. The minimum absolute atomic E-state index is 0.0432. The van der Waals surface area contributed by atoms with Gasteiger partial charge in [-0.25, -0.2) is 0 Å². The van der Waals surface area contributed by atoms with E-state index in [-0.39, 0.29) is 11.8 Å². The minimum atomic E-state index is -0.428. The second-order valence-electron chi connectivity index (χ2n) is 25.9. The van der Waals surface area contributed by atoms with Crippen molar-refractivity contribution in [2.45, 2.75) is 347 Å². The van der Waals surface area contributed by atoms with Crippen LogP contribution in [0.3, 0.4) is 0 Å². The van der Waals surface area contributed by atoms with Crippen molar-refractivity contribution < 1.29 is 30.0 Å². The highest BCUT2D eigenvalue weighted by atomic mass is 16.3. The van der Waals surface area contributed by atoms with Gasteiger partial charge in [-0.3, -0.25) is 19.4 Å². The Kier molecular flexibility index (Phi) is 57.5. The molecule has 1 aliphatic heterocycles. The molecular formula is C70H142N6O6. The predicted molar refractivity (Wildman–Crippen MR) is 351 cm³/mol. The monoisotopic (exact) mass is 1160 g/mol. The maximum absolute atomic E-state index is 13.1. The van der Waals surface area contributed by atoms with Crippen LogP contribution in [0.1, 0.15) is 323 Å². The minimum Gasteiger partial charge on any atom is -0.392 e. The van der Waals surface area contributed by atoms with E-state index in [0.717, 1.165) is 103 Å². The fourth-order valence-electron chi connectivity index (χ4n) is 12.2. The Balaban J connectivity index is 2.49. The highest BCUT2D eigenvalue weighted by molar-refractivity contribution is 5.76. The number of nitrogens with one attached hydrogen (secondary N) is 2. The molecule has 0 radical (unpaired) electrons. The maximum Gasteiger partial charge on any atom is 0.221 e. The summed E-state index contributed by atoms with van der Waals surface area (Å²) in [6, 6.07) is 0. The van der Waals surface area contributed by atoms with Gasteiger partial charge in [-0.1, -0.05) is 285 Å². The van der Waals surface area contributed by atoms with Crippen LogP contribution in [0.2, 0.25) is 0 Å². The summed E-state index contributed by atoms with van der Waals surface area (Å²) < 4.78 is 0. The molecule has 0 spiro atoms. The summed E-state index contributed by atoms with van der Waals surface area (Å²) in [7, 11) is 0. The van der Waals surface area contributed by atoms with Gasteiger partial charge >= 0.3 is 0 Å². The molecule has 1 heterocycles. The number of hydrogen-bond donors (Lipinski definition) is 6. The number of rotatable bonds is 64. The summed E-state index contributed by atoms with van der Waals surface area (Å²) in [5.41, 5.74) is 0. The Morgan fingerprint density at radius 3 is 0.732 bits per heavy atom. The van der Waals surface area contributed by atoms with Gasteiger partial charge in [-0.15, -0.1) is 0 Å². The Morgan fingerprint density at radius 2 is 0.524 bits per heavy atom. The van der Waals surface area contributed by atoms with Crippen LogP contribution in [0.4, 0.5) is 0 Å². The van der Waals surface area contributed by atoms with Crippen molar-refractivity contribution in [3.8, 4) is 0 Å². The molecule has 82 heavy (non-hydrogen) atoms. The third kappa shape index (κ3) is 52.9. The molecule has 488 valence electrons. The van der Waals surface area contributed by atoms with Crippen LogP contribution in [0, 0.1) is 0 Å². The van der Waals surface area contributed by atoms with Crippen LogP contribution in [0.15, 0.2) is 0 Å². The third-order valence-electron chi connectivity index (χ3n) is 17.7. The zero-order chi connectivity index (χ0) is 59.6. The third-order valence-corrected chi connectivity index (χ3v) is 17.7. The lowest BCUT2D eigenvalue weighted by atomic mass is 10.0. The van der Waals surface area contributed by atoms with Crippen LogP contribution >= 0.6 is 0 Å². The SMILES string of the molecule is CCCCCCCCCCCCC(O)CN(CCNC(=O)CCN1CCN(CCC(=O)NCCN(CC(O)CCCCCCCCCCCC)CC(O)CCCCCCCCCCCC)CC1)CC(O)CCCCCCCCCCCC. The molecule has 12 nitrogen and oxygen atoms in total. The normalized spacial score (nSPS) is 15.0. The highest BCUT2D eigenvalue weighted by Gasteiger charge is 2.21. The number of amides is 2. The first kappa shape index (κ1) is 78.6. The lowest BCUT2D eigenvalue weighted by Crippen LogP contribution is -2.48. The molecule has 0 aromatic heterocycles. The highest BCUT2D eigenvalue weighted by Crippen LogP contribution is 2.18. The Labute approximate surface area is 509 Å². The topological polar surface area (TPSA) is 152 Å². The van der Waals surface area contributed by atoms with E-state index in [0.29, 0.717) is 78.3 Å². The molecule has 0 saturated carbocycles. The van der Waals surface area contributed by atoms with E-state index in [1.54, 1.807) is 0 Å². The maximum atomic E-state index is 13.1. The quantitative estimate of drug-likeness (QED) is 0.0325. The molecule has 6 N–H and O–H groups in total. The molecule has 2 amide bonds. The van der Waals surface area contributed by atoms with E-state index in [1.807, 2.05) is 0 Å². The number of unbranched alkanes of at least 4 members (excludes halogenated alkanes) is 36. The van der Waals surface area contributed by atoms with E-state index in [2.05, 4.69) is 57.9 Å². The van der Waals surface area contributed by atoms with Crippen LogP contribution < -0.4 is 10.6 Å².